The number of carbonyl (C=O) groups is 4. The minimum Gasteiger partial charge on any atom is -0.465 e. The Morgan fingerprint density at radius 2 is 1.49 bits per heavy atom. The predicted octanol–water partition coefficient (Wildman–Crippen LogP) is 2.96. The molecule has 11 nitrogen and oxygen atoms in total. The molecule has 0 aromatic heterocycles. The number of sulfonamides is 1. The highest BCUT2D eigenvalue weighted by Gasteiger charge is 2.32. The van der Waals surface area contributed by atoms with Gasteiger partial charge in [-0.25, -0.2) is 17.5 Å². The summed E-state index contributed by atoms with van der Waals surface area (Å²) >= 11 is 1.71. The van der Waals surface area contributed by atoms with Crippen molar-refractivity contribution in [3.8, 4) is 0 Å². The fraction of sp³-hybridized carbons (Fsp3) is 0.615. The van der Waals surface area contributed by atoms with E-state index in [1.165, 1.54) is 24.3 Å². The molecular formula is C26H37NO10S2. The summed E-state index contributed by atoms with van der Waals surface area (Å²) in [5.41, 5.74) is 0.156. The summed E-state index contributed by atoms with van der Waals surface area (Å²) in [6.45, 7) is 6.93. The standard InChI is InChI=1S/C26H37NO10S2/c1-26(2,3)38-19-18-36-24(30)8-4-7-23(29)35-16-14-34-15-17-37-25(31)20-9-11-21(12-10-20)39(32,33)27-13-5-6-22(27)28/h9-12H,4-8,13-19H2,1-3H3. The van der Waals surface area contributed by atoms with Crippen LogP contribution < -0.4 is 0 Å². The van der Waals surface area contributed by atoms with E-state index >= 15 is 0 Å². The van der Waals surface area contributed by atoms with Gasteiger partial charge >= 0.3 is 17.9 Å². The van der Waals surface area contributed by atoms with E-state index in [2.05, 4.69) is 20.8 Å². The lowest BCUT2D eigenvalue weighted by atomic mass is 10.2. The SMILES string of the molecule is CC(C)(C)SCCOC(=O)CCCC(=O)OCCOCCOC(=O)c1ccc(S(=O)(=O)N2CCCC2=O)cc1. The van der Waals surface area contributed by atoms with E-state index in [9.17, 15) is 27.6 Å². The highest BCUT2D eigenvalue weighted by Crippen LogP contribution is 2.23. The predicted molar refractivity (Wildman–Crippen MR) is 144 cm³/mol. The molecule has 13 heteroatoms. The lowest BCUT2D eigenvalue weighted by Crippen LogP contribution is -2.31. The Labute approximate surface area is 233 Å². The Morgan fingerprint density at radius 1 is 0.897 bits per heavy atom. The second-order valence-corrected chi connectivity index (χ2v) is 13.4. The zero-order valence-corrected chi connectivity index (χ0v) is 24.3. The van der Waals surface area contributed by atoms with Crippen LogP contribution in [0.4, 0.5) is 0 Å². The van der Waals surface area contributed by atoms with Gasteiger partial charge in [0.05, 0.1) is 23.7 Å². The van der Waals surface area contributed by atoms with Gasteiger partial charge in [0.2, 0.25) is 5.91 Å². The molecule has 0 bridgehead atoms. The molecule has 39 heavy (non-hydrogen) atoms. The molecule has 1 amide bonds. The van der Waals surface area contributed by atoms with Crippen molar-refractivity contribution in [3.63, 3.8) is 0 Å². The molecule has 1 aliphatic heterocycles. The van der Waals surface area contributed by atoms with Crippen molar-refractivity contribution >= 4 is 45.6 Å². The van der Waals surface area contributed by atoms with E-state index in [1.807, 2.05) is 0 Å². The molecule has 0 spiro atoms. The van der Waals surface area contributed by atoms with Crippen molar-refractivity contribution in [2.45, 2.75) is 62.5 Å². The van der Waals surface area contributed by atoms with Gasteiger partial charge in [0.1, 0.15) is 19.8 Å². The molecule has 0 radical (unpaired) electrons. The molecule has 0 atom stereocenters. The average molecular weight is 588 g/mol. The van der Waals surface area contributed by atoms with Crippen molar-refractivity contribution in [3.05, 3.63) is 29.8 Å². The van der Waals surface area contributed by atoms with E-state index in [4.69, 9.17) is 18.9 Å². The van der Waals surface area contributed by atoms with Gasteiger partial charge in [0, 0.05) is 36.3 Å². The minimum absolute atomic E-state index is 0.0245. The van der Waals surface area contributed by atoms with Gasteiger partial charge in [-0.1, -0.05) is 20.8 Å². The third-order valence-electron chi connectivity index (χ3n) is 5.30. The molecule has 1 heterocycles. The third kappa shape index (κ3) is 12.0. The molecule has 1 aromatic carbocycles. The molecular weight excluding hydrogens is 550 g/mol. The van der Waals surface area contributed by atoms with Gasteiger partial charge in [-0.2, -0.15) is 11.8 Å². The summed E-state index contributed by atoms with van der Waals surface area (Å²) in [6.07, 6.45) is 1.27. The zero-order valence-electron chi connectivity index (χ0n) is 22.6. The van der Waals surface area contributed by atoms with Crippen LogP contribution in [-0.2, 0) is 43.4 Å². The first-order valence-electron chi connectivity index (χ1n) is 12.8. The zero-order chi connectivity index (χ0) is 28.9. The summed E-state index contributed by atoms with van der Waals surface area (Å²) in [5, 5.41) is 0. The number of thioether (sulfide) groups is 1. The summed E-state index contributed by atoms with van der Waals surface area (Å²) < 4.78 is 46.6. The largest absolute Gasteiger partial charge is 0.465 e. The van der Waals surface area contributed by atoms with Crippen LogP contribution >= 0.6 is 11.8 Å². The number of benzene rings is 1. The van der Waals surface area contributed by atoms with Gasteiger partial charge in [0.25, 0.3) is 10.0 Å². The summed E-state index contributed by atoms with van der Waals surface area (Å²) in [5.74, 6) is -1.15. The van der Waals surface area contributed by atoms with E-state index in [0.717, 1.165) is 10.1 Å². The highest BCUT2D eigenvalue weighted by atomic mass is 32.2. The Hall–Kier alpha value is -2.64. The lowest BCUT2D eigenvalue weighted by Gasteiger charge is -2.17. The molecule has 1 aromatic rings. The Morgan fingerprint density at radius 3 is 2.05 bits per heavy atom. The number of nitrogens with zero attached hydrogens (tertiary/aromatic N) is 1. The number of rotatable bonds is 16. The second-order valence-electron chi connectivity index (χ2n) is 9.60. The molecule has 0 N–H and O–H groups in total. The normalized spacial score (nSPS) is 13.8. The van der Waals surface area contributed by atoms with Crippen LogP contribution in [0.1, 0.15) is 63.2 Å². The Balaban J connectivity index is 1.52. The number of hydrogen-bond donors (Lipinski definition) is 0. The quantitative estimate of drug-likeness (QED) is 0.160. The lowest BCUT2D eigenvalue weighted by molar-refractivity contribution is -0.146. The summed E-state index contributed by atoms with van der Waals surface area (Å²) in [4.78, 5) is 47.3. The maximum Gasteiger partial charge on any atom is 0.338 e. The first-order chi connectivity index (χ1) is 18.4. The molecule has 2 rings (SSSR count). The van der Waals surface area contributed by atoms with E-state index in [0.29, 0.717) is 19.4 Å². The third-order valence-corrected chi connectivity index (χ3v) is 8.37. The topological polar surface area (TPSA) is 143 Å². The van der Waals surface area contributed by atoms with E-state index in [1.54, 1.807) is 11.8 Å². The van der Waals surface area contributed by atoms with Crippen LogP contribution in [0.5, 0.6) is 0 Å². The van der Waals surface area contributed by atoms with Gasteiger partial charge in [-0.3, -0.25) is 14.4 Å². The van der Waals surface area contributed by atoms with Gasteiger partial charge in [0.15, 0.2) is 0 Å². The first kappa shape index (κ1) is 32.6. The number of hydrogen-bond acceptors (Lipinski definition) is 11. The Kier molecular flexibility index (Phi) is 13.2. The summed E-state index contributed by atoms with van der Waals surface area (Å²) in [7, 11) is -3.93. The molecule has 0 saturated carbocycles. The molecule has 0 unspecified atom stereocenters. The van der Waals surface area contributed by atoms with Crippen molar-refractivity contribution in [2.75, 3.05) is 45.3 Å². The number of ether oxygens (including phenoxy) is 4. The van der Waals surface area contributed by atoms with Crippen LogP contribution in [-0.4, -0.2) is 86.6 Å². The molecule has 218 valence electrons. The number of carbonyl (C=O) groups excluding carboxylic acids is 4. The number of amides is 1. The van der Waals surface area contributed by atoms with Crippen LogP contribution in [0.25, 0.3) is 0 Å². The first-order valence-corrected chi connectivity index (χ1v) is 15.2. The smallest absolute Gasteiger partial charge is 0.338 e. The van der Waals surface area contributed by atoms with E-state index in [-0.39, 0.29) is 73.4 Å². The van der Waals surface area contributed by atoms with E-state index < -0.39 is 27.9 Å². The van der Waals surface area contributed by atoms with Crippen LogP contribution in [0.3, 0.4) is 0 Å². The summed E-state index contributed by atoms with van der Waals surface area (Å²) in [6, 6.07) is 5.17. The van der Waals surface area contributed by atoms with Crippen molar-refractivity contribution in [1.29, 1.82) is 0 Å². The minimum atomic E-state index is -3.93. The molecule has 1 saturated heterocycles. The maximum atomic E-state index is 12.5. The monoisotopic (exact) mass is 587 g/mol. The van der Waals surface area contributed by atoms with Crippen LogP contribution in [0.2, 0.25) is 0 Å². The second kappa shape index (κ2) is 15.8. The van der Waals surface area contributed by atoms with Crippen LogP contribution in [0.15, 0.2) is 29.2 Å². The van der Waals surface area contributed by atoms with Crippen molar-refractivity contribution in [2.24, 2.45) is 0 Å². The maximum absolute atomic E-state index is 12.5. The molecule has 1 aliphatic rings. The van der Waals surface area contributed by atoms with Crippen molar-refractivity contribution < 1.29 is 46.5 Å². The molecule has 0 aliphatic carbocycles. The molecule has 1 fully saturated rings. The number of esters is 3. The fourth-order valence-corrected chi connectivity index (χ4v) is 5.63. The van der Waals surface area contributed by atoms with Gasteiger partial charge in [-0.15, -0.1) is 0 Å². The Bertz CT molecular complexity index is 1080. The van der Waals surface area contributed by atoms with Gasteiger partial charge < -0.3 is 18.9 Å². The van der Waals surface area contributed by atoms with Crippen molar-refractivity contribution in [1.82, 2.24) is 4.31 Å². The van der Waals surface area contributed by atoms with Crippen LogP contribution in [0, 0.1) is 0 Å². The average Bonchev–Trinajstić information content (AvgIpc) is 3.32. The fourth-order valence-electron chi connectivity index (χ4n) is 3.39. The van der Waals surface area contributed by atoms with Gasteiger partial charge in [-0.05, 0) is 37.1 Å². The highest BCUT2D eigenvalue weighted by molar-refractivity contribution is 8.00.